The molecule has 0 saturated heterocycles. The number of thiophene rings is 1. The maximum absolute atomic E-state index is 13.7. The van der Waals surface area contributed by atoms with Gasteiger partial charge < -0.3 is 20.0 Å². The van der Waals surface area contributed by atoms with E-state index in [1.165, 1.54) is 9.44 Å². The molecular formula is C34H42BF3N6S2. The number of terminal acetylenes is 1. The molecule has 2 aliphatic rings. The first-order valence-electron chi connectivity index (χ1n) is 15.2. The molecule has 2 aromatic heterocycles. The van der Waals surface area contributed by atoms with Crippen LogP contribution in [0.15, 0.2) is 64.7 Å². The zero-order valence-electron chi connectivity index (χ0n) is 27.1. The Balaban J connectivity index is 0.00000109. The Bertz CT molecular complexity index is 1640. The molecule has 0 saturated carbocycles. The summed E-state index contributed by atoms with van der Waals surface area (Å²) in [6.07, 6.45) is 3.82. The van der Waals surface area contributed by atoms with Crippen molar-refractivity contribution in [2.45, 2.75) is 65.6 Å². The standard InChI is InChI=1S/C30H34BF3N6S.C2H2S.C2H6/c1-5-29(3,4)27-10-9-26(41-27)19(2)35-16-21-17-36-28(38-21)25-15-22-23(37-20-11-13-39(31)14-12-20)7-6-8-24(22)40(25)18-30(32,33)34;1-2-3;1-2/h6-11,15,35,37H,2,5,12-14,16-18H2,1,3-4H3;1,3H;1-2H3. The smallest absolute Gasteiger partial charge is 0.379 e. The van der Waals surface area contributed by atoms with Crippen LogP contribution in [0.4, 0.5) is 18.9 Å². The van der Waals surface area contributed by atoms with Gasteiger partial charge in [-0.1, -0.05) is 66.0 Å². The van der Waals surface area contributed by atoms with Crippen LogP contribution in [-0.2, 0) is 12.0 Å². The van der Waals surface area contributed by atoms with E-state index in [1.54, 1.807) is 34.3 Å². The monoisotopic (exact) mass is 666 g/mol. The zero-order valence-corrected chi connectivity index (χ0v) is 28.8. The fourth-order valence-corrected chi connectivity index (χ4v) is 5.98. The van der Waals surface area contributed by atoms with Gasteiger partial charge in [0, 0.05) is 38.8 Å². The van der Waals surface area contributed by atoms with Crippen molar-refractivity contribution in [2.24, 2.45) is 9.98 Å². The average molecular weight is 667 g/mol. The molecule has 5 rings (SSSR count). The lowest BCUT2D eigenvalue weighted by Gasteiger charge is -2.23. The summed E-state index contributed by atoms with van der Waals surface area (Å²) in [5.74, 6) is 0.303. The normalized spacial score (nSPS) is 15.0. The van der Waals surface area contributed by atoms with Crippen LogP contribution in [0.5, 0.6) is 0 Å². The number of benzene rings is 1. The van der Waals surface area contributed by atoms with E-state index in [9.17, 15) is 13.2 Å². The number of rotatable bonds is 10. The van der Waals surface area contributed by atoms with Crippen molar-refractivity contribution in [1.82, 2.24) is 14.7 Å². The van der Waals surface area contributed by atoms with Crippen LogP contribution in [-0.4, -0.2) is 61.3 Å². The Labute approximate surface area is 281 Å². The number of hydrogen-bond donors (Lipinski definition) is 3. The number of halogens is 3. The first kappa shape index (κ1) is 37.1. The summed E-state index contributed by atoms with van der Waals surface area (Å²) in [7, 11) is 5.85. The molecule has 0 fully saturated rings. The predicted octanol–water partition coefficient (Wildman–Crippen LogP) is 8.03. The Morgan fingerprint density at radius 1 is 1.22 bits per heavy atom. The second-order valence-corrected chi connectivity index (χ2v) is 12.6. The van der Waals surface area contributed by atoms with Gasteiger partial charge in [0.1, 0.15) is 6.54 Å². The summed E-state index contributed by atoms with van der Waals surface area (Å²) in [4.78, 5) is 13.2. The molecule has 12 heteroatoms. The number of nitrogens with zero attached hydrogens (tertiary/aromatic N) is 4. The second-order valence-electron chi connectivity index (χ2n) is 11.2. The van der Waals surface area contributed by atoms with E-state index in [2.05, 4.69) is 79.2 Å². The Morgan fingerprint density at radius 2 is 1.93 bits per heavy atom. The highest BCUT2D eigenvalue weighted by molar-refractivity contribution is 7.85. The van der Waals surface area contributed by atoms with E-state index >= 15 is 0 Å². The highest BCUT2D eigenvalue weighted by atomic mass is 32.1. The molecule has 0 spiro atoms. The van der Waals surface area contributed by atoms with Gasteiger partial charge in [0.05, 0.1) is 30.0 Å². The largest absolute Gasteiger partial charge is 0.406 e. The van der Waals surface area contributed by atoms with E-state index < -0.39 is 12.7 Å². The van der Waals surface area contributed by atoms with Crippen LogP contribution in [0, 0.1) is 11.7 Å². The van der Waals surface area contributed by atoms with Gasteiger partial charge in [-0.3, -0.25) is 4.99 Å². The molecule has 2 radical (unpaired) electrons. The first-order chi connectivity index (χ1) is 21.8. The van der Waals surface area contributed by atoms with Crippen LogP contribution < -0.4 is 10.6 Å². The quantitative estimate of drug-likeness (QED) is 0.117. The number of hydrogen-bond acceptors (Lipinski definition) is 7. The van der Waals surface area contributed by atoms with Gasteiger partial charge >= 0.3 is 6.18 Å². The van der Waals surface area contributed by atoms with Crippen molar-refractivity contribution in [2.75, 3.05) is 31.5 Å². The third kappa shape index (κ3) is 9.56. The molecule has 244 valence electrons. The van der Waals surface area contributed by atoms with Gasteiger partial charge in [0.25, 0.3) is 0 Å². The topological polar surface area (TPSA) is 56.9 Å². The summed E-state index contributed by atoms with van der Waals surface area (Å²) in [6.45, 7) is 15.7. The summed E-state index contributed by atoms with van der Waals surface area (Å²) in [5.41, 5.74) is 4.18. The Kier molecular flexibility index (Phi) is 13.2. The zero-order chi connectivity index (χ0) is 34.1. The minimum Gasteiger partial charge on any atom is -0.379 e. The molecule has 3 aromatic rings. The summed E-state index contributed by atoms with van der Waals surface area (Å²) >= 11 is 5.03. The molecule has 0 unspecified atom stereocenters. The molecular weight excluding hydrogens is 624 g/mol. The molecule has 0 amide bonds. The molecule has 2 aliphatic heterocycles. The highest BCUT2D eigenvalue weighted by Crippen LogP contribution is 2.35. The van der Waals surface area contributed by atoms with E-state index in [0.717, 1.165) is 40.5 Å². The minimum absolute atomic E-state index is 0.102. The van der Waals surface area contributed by atoms with Crippen LogP contribution in [0.25, 0.3) is 16.6 Å². The summed E-state index contributed by atoms with van der Waals surface area (Å²) < 4.78 is 42.4. The van der Waals surface area contributed by atoms with Crippen molar-refractivity contribution >= 4 is 65.8 Å². The molecule has 0 aliphatic carbocycles. The predicted molar refractivity (Wildman–Crippen MR) is 194 cm³/mol. The summed E-state index contributed by atoms with van der Waals surface area (Å²) in [5, 5.41) is 9.36. The van der Waals surface area contributed by atoms with E-state index in [1.807, 2.05) is 31.2 Å². The number of anilines is 1. The Hall–Kier alpha value is -3.40. The van der Waals surface area contributed by atoms with Crippen molar-refractivity contribution in [3.05, 3.63) is 70.2 Å². The lowest BCUT2D eigenvalue weighted by molar-refractivity contribution is -0.139. The van der Waals surface area contributed by atoms with E-state index in [0.29, 0.717) is 48.6 Å². The fraction of sp³-hybridized carbons (Fsp3) is 0.412. The third-order valence-electron chi connectivity index (χ3n) is 7.68. The average Bonchev–Trinajstić information content (AvgIpc) is 3.78. The number of thiol groups is 1. The lowest BCUT2D eigenvalue weighted by Crippen LogP contribution is -2.27. The fourth-order valence-electron chi connectivity index (χ4n) is 4.85. The maximum atomic E-state index is 13.7. The van der Waals surface area contributed by atoms with E-state index in [-0.39, 0.29) is 5.41 Å². The molecule has 1 aromatic carbocycles. The number of amidine groups is 1. The Morgan fingerprint density at radius 3 is 2.57 bits per heavy atom. The van der Waals surface area contributed by atoms with E-state index in [4.69, 9.17) is 7.98 Å². The second kappa shape index (κ2) is 16.4. The SMILES string of the molecule is C#CS.CC.[B]N1CC=C(Nc2cccc3c2cc(C2=NCC(CNC(=C)c4ccc(C(C)(C)CC)s4)=N2)n3CC(F)(F)F)CC1. The molecule has 2 N–H and O–H groups in total. The number of fused-ring (bicyclic) bond motifs is 1. The van der Waals surface area contributed by atoms with Crippen molar-refractivity contribution in [3.8, 4) is 11.7 Å². The minimum atomic E-state index is -4.41. The van der Waals surface area contributed by atoms with Gasteiger partial charge in [-0.25, -0.2) is 4.99 Å². The lowest BCUT2D eigenvalue weighted by atomic mass is 9.89. The van der Waals surface area contributed by atoms with Crippen LogP contribution in [0.1, 0.15) is 62.9 Å². The van der Waals surface area contributed by atoms with Gasteiger partial charge in [-0.05, 0) is 60.4 Å². The number of aliphatic imine (C=N–C) groups is 2. The first-order valence-corrected chi connectivity index (χ1v) is 16.5. The number of aromatic nitrogens is 1. The third-order valence-corrected chi connectivity index (χ3v) is 9.19. The molecule has 6 nitrogen and oxygen atoms in total. The molecule has 0 bridgehead atoms. The molecule has 46 heavy (non-hydrogen) atoms. The van der Waals surface area contributed by atoms with Gasteiger partial charge in [0.2, 0.25) is 0 Å². The maximum Gasteiger partial charge on any atom is 0.406 e. The number of nitrogens with one attached hydrogen (secondary N) is 2. The molecule has 0 atom stereocenters. The van der Waals surface area contributed by atoms with Crippen molar-refractivity contribution in [1.29, 1.82) is 0 Å². The van der Waals surface area contributed by atoms with Gasteiger partial charge in [0.15, 0.2) is 13.8 Å². The van der Waals surface area contributed by atoms with Crippen molar-refractivity contribution < 1.29 is 13.2 Å². The number of alkyl halides is 3. The highest BCUT2D eigenvalue weighted by Gasteiger charge is 2.31. The van der Waals surface area contributed by atoms with Crippen LogP contribution in [0.2, 0.25) is 0 Å². The molecule has 4 heterocycles. The van der Waals surface area contributed by atoms with Crippen LogP contribution >= 0.6 is 24.0 Å². The summed E-state index contributed by atoms with van der Waals surface area (Å²) in [6, 6.07) is 11.3. The van der Waals surface area contributed by atoms with Gasteiger partial charge in [-0.2, -0.15) is 13.2 Å². The van der Waals surface area contributed by atoms with Crippen molar-refractivity contribution in [3.63, 3.8) is 0 Å². The van der Waals surface area contributed by atoms with Gasteiger partial charge in [-0.15, -0.1) is 17.8 Å². The van der Waals surface area contributed by atoms with Crippen LogP contribution in [0.3, 0.4) is 0 Å².